The summed E-state index contributed by atoms with van der Waals surface area (Å²) in [5.41, 5.74) is 3.65. The predicted octanol–water partition coefficient (Wildman–Crippen LogP) is 3.94. The van der Waals surface area contributed by atoms with Crippen molar-refractivity contribution in [2.75, 3.05) is 5.75 Å². The Balaban J connectivity index is 2.15. The summed E-state index contributed by atoms with van der Waals surface area (Å²) in [6.45, 7) is 11.6. The van der Waals surface area contributed by atoms with E-state index in [2.05, 4.69) is 39.9 Å². The van der Waals surface area contributed by atoms with Gasteiger partial charge in [0.2, 0.25) is 0 Å². The third-order valence-corrected chi connectivity index (χ3v) is 5.07. The number of aromatic nitrogens is 2. The molecule has 1 aliphatic rings. The summed E-state index contributed by atoms with van der Waals surface area (Å²) in [5, 5.41) is 4.04. The second kappa shape index (κ2) is 6.44. The molecular weight excluding hydrogens is 266 g/mol. The Labute approximate surface area is 127 Å². The summed E-state index contributed by atoms with van der Waals surface area (Å²) in [6, 6.07) is 0. The van der Waals surface area contributed by atoms with E-state index in [9.17, 15) is 0 Å². The van der Waals surface area contributed by atoms with Crippen molar-refractivity contribution in [1.82, 2.24) is 15.3 Å². The van der Waals surface area contributed by atoms with Gasteiger partial charge in [-0.25, -0.2) is 9.97 Å². The lowest BCUT2D eigenvalue weighted by Gasteiger charge is -2.24. The second-order valence-electron chi connectivity index (χ2n) is 6.69. The van der Waals surface area contributed by atoms with Crippen molar-refractivity contribution in [2.24, 2.45) is 0 Å². The zero-order valence-corrected chi connectivity index (χ0v) is 14.2. The highest BCUT2D eigenvalue weighted by Crippen LogP contribution is 2.36. The zero-order valence-electron chi connectivity index (χ0n) is 13.4. The smallest absolute Gasteiger partial charge is 0.141 e. The van der Waals surface area contributed by atoms with Crippen molar-refractivity contribution in [2.45, 2.75) is 71.2 Å². The van der Waals surface area contributed by atoms with Crippen molar-refractivity contribution >= 4 is 11.8 Å². The minimum absolute atomic E-state index is 0.122. The molecule has 1 N–H and O–H groups in total. The van der Waals surface area contributed by atoms with E-state index in [0.717, 1.165) is 23.8 Å². The molecule has 1 aliphatic heterocycles. The molecule has 1 atom stereocenters. The van der Waals surface area contributed by atoms with Gasteiger partial charge in [-0.3, -0.25) is 0 Å². The van der Waals surface area contributed by atoms with E-state index in [1.54, 1.807) is 0 Å². The first-order valence-electron chi connectivity index (χ1n) is 7.57. The zero-order chi connectivity index (χ0) is 14.8. The Morgan fingerprint density at radius 3 is 2.30 bits per heavy atom. The highest BCUT2D eigenvalue weighted by Gasteiger charge is 2.21. The first-order chi connectivity index (χ1) is 9.37. The second-order valence-corrected chi connectivity index (χ2v) is 8.00. The van der Waals surface area contributed by atoms with E-state index in [-0.39, 0.29) is 5.54 Å². The number of nitrogens with one attached hydrogen (secondary N) is 1. The Hall–Kier alpha value is -0.610. The van der Waals surface area contributed by atoms with Crippen LogP contribution in [0.5, 0.6) is 0 Å². The minimum Gasteiger partial charge on any atom is -0.308 e. The van der Waals surface area contributed by atoms with Crippen LogP contribution in [0.3, 0.4) is 0 Å². The van der Waals surface area contributed by atoms with Gasteiger partial charge in [0.25, 0.3) is 0 Å². The van der Waals surface area contributed by atoms with Crippen molar-refractivity contribution in [3.8, 4) is 0 Å². The summed E-state index contributed by atoms with van der Waals surface area (Å²) in [4.78, 5) is 9.57. The Morgan fingerprint density at radius 1 is 1.15 bits per heavy atom. The molecule has 1 saturated heterocycles. The third kappa shape index (κ3) is 4.19. The lowest BCUT2D eigenvalue weighted by molar-refractivity contribution is 0.422. The van der Waals surface area contributed by atoms with Gasteiger partial charge in [-0.05, 0) is 53.2 Å². The molecule has 0 bridgehead atoms. The fourth-order valence-corrected chi connectivity index (χ4v) is 3.71. The SMILES string of the molecule is Cc1nc(C2CCCCS2)nc(C)c1CNC(C)(C)C. The molecule has 1 unspecified atom stereocenters. The number of aryl methyl sites for hydroxylation is 2. The average Bonchev–Trinajstić information content (AvgIpc) is 2.37. The molecule has 112 valence electrons. The van der Waals surface area contributed by atoms with E-state index in [4.69, 9.17) is 9.97 Å². The first kappa shape index (κ1) is 15.8. The molecule has 20 heavy (non-hydrogen) atoms. The largest absolute Gasteiger partial charge is 0.308 e. The molecule has 4 heteroatoms. The van der Waals surface area contributed by atoms with E-state index < -0.39 is 0 Å². The highest BCUT2D eigenvalue weighted by atomic mass is 32.2. The van der Waals surface area contributed by atoms with Gasteiger partial charge in [0.1, 0.15) is 5.82 Å². The maximum absolute atomic E-state index is 4.79. The van der Waals surface area contributed by atoms with Crippen LogP contribution in [-0.4, -0.2) is 21.3 Å². The first-order valence-corrected chi connectivity index (χ1v) is 8.62. The lowest BCUT2D eigenvalue weighted by Crippen LogP contribution is -2.35. The van der Waals surface area contributed by atoms with E-state index in [1.165, 1.54) is 30.6 Å². The molecule has 1 fully saturated rings. The number of hydrogen-bond acceptors (Lipinski definition) is 4. The molecule has 0 radical (unpaired) electrons. The average molecular weight is 293 g/mol. The van der Waals surface area contributed by atoms with Gasteiger partial charge < -0.3 is 5.32 Å². The topological polar surface area (TPSA) is 37.8 Å². The van der Waals surface area contributed by atoms with Crippen LogP contribution in [0.25, 0.3) is 0 Å². The monoisotopic (exact) mass is 293 g/mol. The van der Waals surface area contributed by atoms with Gasteiger partial charge in [-0.1, -0.05) is 6.42 Å². The van der Waals surface area contributed by atoms with Crippen LogP contribution in [0, 0.1) is 13.8 Å². The number of nitrogens with zero attached hydrogens (tertiary/aromatic N) is 2. The normalized spacial score (nSPS) is 20.1. The fourth-order valence-electron chi connectivity index (χ4n) is 2.46. The molecule has 1 aromatic rings. The van der Waals surface area contributed by atoms with Crippen LogP contribution in [0.1, 0.15) is 68.1 Å². The van der Waals surface area contributed by atoms with Crippen LogP contribution in [-0.2, 0) is 6.54 Å². The van der Waals surface area contributed by atoms with Gasteiger partial charge >= 0.3 is 0 Å². The molecular formula is C16H27N3S. The Kier molecular flexibility index (Phi) is 5.08. The van der Waals surface area contributed by atoms with Gasteiger partial charge in [0, 0.05) is 29.0 Å². The van der Waals surface area contributed by atoms with Crippen molar-refractivity contribution in [3.05, 3.63) is 22.8 Å². The molecule has 3 nitrogen and oxygen atoms in total. The number of thioether (sulfide) groups is 1. The molecule has 0 amide bonds. The summed E-state index contributed by atoms with van der Waals surface area (Å²) in [6.07, 6.45) is 3.88. The summed E-state index contributed by atoms with van der Waals surface area (Å²) >= 11 is 2.02. The maximum atomic E-state index is 4.79. The molecule has 0 aromatic carbocycles. The van der Waals surface area contributed by atoms with Crippen LogP contribution in [0.2, 0.25) is 0 Å². The van der Waals surface area contributed by atoms with Crippen molar-refractivity contribution in [1.29, 1.82) is 0 Å². The van der Waals surface area contributed by atoms with Gasteiger partial charge in [-0.15, -0.1) is 0 Å². The molecule has 0 saturated carbocycles. The Bertz CT molecular complexity index is 436. The molecule has 0 spiro atoms. The summed E-state index contributed by atoms with van der Waals surface area (Å²) in [5.74, 6) is 2.30. The Morgan fingerprint density at radius 2 is 1.80 bits per heavy atom. The lowest BCUT2D eigenvalue weighted by atomic mass is 10.1. The minimum atomic E-state index is 0.122. The number of rotatable bonds is 3. The van der Waals surface area contributed by atoms with Crippen LogP contribution >= 0.6 is 11.8 Å². The molecule has 1 aromatic heterocycles. The standard InChI is InChI=1S/C16H27N3S/c1-11-13(10-17-16(3,4)5)12(2)19-15(18-11)14-8-6-7-9-20-14/h14,17H,6-10H2,1-5H3. The maximum Gasteiger partial charge on any atom is 0.141 e. The predicted molar refractivity (Wildman–Crippen MR) is 87.1 cm³/mol. The molecule has 0 aliphatic carbocycles. The van der Waals surface area contributed by atoms with Crippen LogP contribution in [0.4, 0.5) is 0 Å². The van der Waals surface area contributed by atoms with Crippen molar-refractivity contribution in [3.63, 3.8) is 0 Å². The summed E-state index contributed by atoms with van der Waals surface area (Å²) < 4.78 is 0. The number of hydrogen-bond donors (Lipinski definition) is 1. The summed E-state index contributed by atoms with van der Waals surface area (Å²) in [7, 11) is 0. The highest BCUT2D eigenvalue weighted by molar-refractivity contribution is 7.99. The van der Waals surface area contributed by atoms with E-state index in [0.29, 0.717) is 5.25 Å². The van der Waals surface area contributed by atoms with Gasteiger partial charge in [0.05, 0.1) is 5.25 Å². The van der Waals surface area contributed by atoms with Crippen molar-refractivity contribution < 1.29 is 0 Å². The molecule has 2 rings (SSSR count). The van der Waals surface area contributed by atoms with E-state index >= 15 is 0 Å². The van der Waals surface area contributed by atoms with Gasteiger partial charge in [0.15, 0.2) is 0 Å². The van der Waals surface area contributed by atoms with E-state index in [1.807, 2.05) is 11.8 Å². The van der Waals surface area contributed by atoms with Crippen LogP contribution in [0.15, 0.2) is 0 Å². The third-order valence-electron chi connectivity index (χ3n) is 3.70. The van der Waals surface area contributed by atoms with Crippen LogP contribution < -0.4 is 5.32 Å². The quantitative estimate of drug-likeness (QED) is 0.916. The fraction of sp³-hybridized carbons (Fsp3) is 0.750. The van der Waals surface area contributed by atoms with Gasteiger partial charge in [-0.2, -0.15) is 11.8 Å². The molecule has 2 heterocycles.